The molecule has 124 valence electrons. The van der Waals surface area contributed by atoms with Gasteiger partial charge >= 0.3 is 7.60 Å². The zero-order valence-corrected chi connectivity index (χ0v) is 14.0. The second kappa shape index (κ2) is 8.17. The first-order valence-electron chi connectivity index (χ1n) is 6.76. The average molecular weight is 332 g/mol. The van der Waals surface area contributed by atoms with Crippen LogP contribution in [0.1, 0.15) is 25.1 Å². The van der Waals surface area contributed by atoms with Crippen molar-refractivity contribution in [3.63, 3.8) is 0 Å². The predicted octanol–water partition coefficient (Wildman–Crippen LogP) is 2.92. The lowest BCUT2D eigenvalue weighted by molar-refractivity contribution is -0.108. The molecule has 8 heteroatoms. The zero-order valence-electron chi connectivity index (χ0n) is 13.1. The maximum atomic E-state index is 12.8. The number of hydrogen-bond donors (Lipinski definition) is 1. The molecule has 0 heterocycles. The highest BCUT2D eigenvalue weighted by Gasteiger charge is 2.37. The van der Waals surface area contributed by atoms with E-state index in [1.54, 1.807) is 13.8 Å². The number of carbonyl (C=O) groups is 1. The van der Waals surface area contributed by atoms with Crippen LogP contribution >= 0.6 is 7.60 Å². The standard InChI is InChI=1S/C14H21O7P/c1-5-20-22(17,21-6-2)13(9-15)10-7-11(18-3)14(16)12(8-10)19-4/h7-9,13,16H,5-6H2,1-4H3. The topological polar surface area (TPSA) is 91.3 Å². The number of aldehydes is 1. The molecule has 0 amide bonds. The Balaban J connectivity index is 3.40. The highest BCUT2D eigenvalue weighted by atomic mass is 31.2. The Morgan fingerprint density at radius 3 is 1.91 bits per heavy atom. The summed E-state index contributed by atoms with van der Waals surface area (Å²) in [6, 6.07) is 2.81. The summed E-state index contributed by atoms with van der Waals surface area (Å²) in [5.41, 5.74) is -0.831. The lowest BCUT2D eigenvalue weighted by Gasteiger charge is -2.23. The summed E-state index contributed by atoms with van der Waals surface area (Å²) in [6.45, 7) is 3.58. The minimum absolute atomic E-state index is 0.0979. The number of rotatable bonds is 9. The molecular weight excluding hydrogens is 311 g/mol. The van der Waals surface area contributed by atoms with Gasteiger partial charge in [0.1, 0.15) is 11.9 Å². The maximum absolute atomic E-state index is 12.8. The second-order valence-corrected chi connectivity index (χ2v) is 6.38. The SMILES string of the molecule is CCOP(=O)(OCC)C(C=O)c1cc(OC)c(O)c(OC)c1. The molecule has 7 nitrogen and oxygen atoms in total. The van der Waals surface area contributed by atoms with Crippen molar-refractivity contribution in [3.8, 4) is 17.2 Å². The highest BCUT2D eigenvalue weighted by molar-refractivity contribution is 7.55. The van der Waals surface area contributed by atoms with E-state index >= 15 is 0 Å². The number of phenols is 1. The van der Waals surface area contributed by atoms with E-state index in [0.717, 1.165) is 0 Å². The van der Waals surface area contributed by atoms with E-state index in [-0.39, 0.29) is 30.5 Å². The number of aromatic hydroxyl groups is 1. The second-order valence-electron chi connectivity index (χ2n) is 4.23. The van der Waals surface area contributed by atoms with E-state index in [4.69, 9.17) is 18.5 Å². The zero-order chi connectivity index (χ0) is 16.8. The van der Waals surface area contributed by atoms with Gasteiger partial charge in [-0.05, 0) is 31.5 Å². The lowest BCUT2D eigenvalue weighted by atomic mass is 10.1. The number of carbonyl (C=O) groups excluding carboxylic acids is 1. The summed E-state index contributed by atoms with van der Waals surface area (Å²) >= 11 is 0. The Hall–Kier alpha value is -1.56. The van der Waals surface area contributed by atoms with E-state index in [0.29, 0.717) is 11.8 Å². The molecule has 0 fully saturated rings. The predicted molar refractivity (Wildman–Crippen MR) is 80.9 cm³/mol. The van der Waals surface area contributed by atoms with Crippen molar-refractivity contribution in [2.75, 3.05) is 27.4 Å². The first kappa shape index (κ1) is 18.5. The van der Waals surface area contributed by atoms with Crippen LogP contribution in [0.25, 0.3) is 0 Å². The van der Waals surface area contributed by atoms with Crippen molar-refractivity contribution in [2.24, 2.45) is 0 Å². The van der Waals surface area contributed by atoms with Crippen molar-refractivity contribution in [1.29, 1.82) is 0 Å². The van der Waals surface area contributed by atoms with Gasteiger partial charge in [0.2, 0.25) is 5.75 Å². The molecule has 1 rings (SSSR count). The average Bonchev–Trinajstić information content (AvgIpc) is 2.49. The number of benzene rings is 1. The fourth-order valence-corrected chi connectivity index (χ4v) is 3.76. The summed E-state index contributed by atoms with van der Waals surface area (Å²) < 4.78 is 33.3. The third-order valence-corrected chi connectivity index (χ3v) is 5.27. The van der Waals surface area contributed by atoms with Gasteiger partial charge in [0.25, 0.3) is 0 Å². The van der Waals surface area contributed by atoms with Crippen LogP contribution in [0.5, 0.6) is 17.2 Å². The molecule has 22 heavy (non-hydrogen) atoms. The normalized spacial score (nSPS) is 12.7. The van der Waals surface area contributed by atoms with Crippen LogP contribution in [0, 0.1) is 0 Å². The van der Waals surface area contributed by atoms with Gasteiger partial charge in [-0.25, -0.2) is 0 Å². The molecule has 1 unspecified atom stereocenters. The van der Waals surface area contributed by atoms with Gasteiger partial charge in [-0.3, -0.25) is 4.57 Å². The summed E-state index contributed by atoms with van der Waals surface area (Å²) in [5, 5.41) is 9.91. The minimum Gasteiger partial charge on any atom is -0.502 e. The van der Waals surface area contributed by atoms with Crippen LogP contribution in [0.15, 0.2) is 12.1 Å². The van der Waals surface area contributed by atoms with Crippen molar-refractivity contribution >= 4 is 13.9 Å². The summed E-state index contributed by atoms with van der Waals surface area (Å²) in [6.07, 6.45) is 0.497. The smallest absolute Gasteiger partial charge is 0.345 e. The first-order valence-corrected chi connectivity index (χ1v) is 8.37. The molecule has 0 spiro atoms. The van der Waals surface area contributed by atoms with Crippen LogP contribution in [0.2, 0.25) is 0 Å². The van der Waals surface area contributed by atoms with Gasteiger partial charge in [0, 0.05) is 0 Å². The third-order valence-electron chi connectivity index (χ3n) is 2.93. The molecule has 1 aromatic carbocycles. The fourth-order valence-electron chi connectivity index (χ4n) is 1.98. The van der Waals surface area contributed by atoms with Crippen molar-refractivity contribution < 1.29 is 33.0 Å². The highest BCUT2D eigenvalue weighted by Crippen LogP contribution is 2.61. The molecule has 0 saturated heterocycles. The van der Waals surface area contributed by atoms with Crippen LogP contribution in [0.3, 0.4) is 0 Å². The monoisotopic (exact) mass is 332 g/mol. The Morgan fingerprint density at radius 2 is 1.59 bits per heavy atom. The third kappa shape index (κ3) is 3.80. The molecular formula is C14H21O7P. The number of hydrogen-bond acceptors (Lipinski definition) is 7. The summed E-state index contributed by atoms with van der Waals surface area (Å²) in [7, 11) is -0.968. The van der Waals surface area contributed by atoms with Crippen molar-refractivity contribution in [2.45, 2.75) is 19.5 Å². The Morgan fingerprint density at radius 1 is 1.14 bits per heavy atom. The van der Waals surface area contributed by atoms with Gasteiger partial charge in [-0.2, -0.15) is 0 Å². The van der Waals surface area contributed by atoms with Crippen LogP contribution < -0.4 is 9.47 Å². The van der Waals surface area contributed by atoms with E-state index in [1.165, 1.54) is 26.4 Å². The van der Waals surface area contributed by atoms with Crippen LogP contribution in [-0.4, -0.2) is 38.8 Å². The summed E-state index contributed by atoms with van der Waals surface area (Å²) in [4.78, 5) is 11.5. The van der Waals surface area contributed by atoms with Crippen LogP contribution in [0.4, 0.5) is 0 Å². The first-order chi connectivity index (χ1) is 10.5. The molecule has 0 saturated carbocycles. The van der Waals surface area contributed by atoms with Crippen molar-refractivity contribution in [3.05, 3.63) is 17.7 Å². The Labute approximate surface area is 129 Å². The van der Waals surface area contributed by atoms with E-state index in [1.807, 2.05) is 0 Å². The summed E-state index contributed by atoms with van der Waals surface area (Å²) in [5.74, 6) is -0.0115. The quantitative estimate of drug-likeness (QED) is 0.549. The molecule has 1 aromatic rings. The molecule has 1 N–H and O–H groups in total. The fraction of sp³-hybridized carbons (Fsp3) is 0.500. The van der Waals surface area contributed by atoms with Gasteiger partial charge in [-0.15, -0.1) is 0 Å². The minimum atomic E-state index is -3.69. The molecule has 0 aliphatic rings. The van der Waals surface area contributed by atoms with Gasteiger partial charge < -0.3 is 28.4 Å². The van der Waals surface area contributed by atoms with Crippen LogP contribution in [-0.2, 0) is 18.4 Å². The molecule has 0 bridgehead atoms. The van der Waals surface area contributed by atoms with Crippen molar-refractivity contribution in [1.82, 2.24) is 0 Å². The molecule has 0 aliphatic heterocycles. The Bertz CT molecular complexity index is 523. The van der Waals surface area contributed by atoms with Gasteiger partial charge in [0.15, 0.2) is 11.5 Å². The van der Waals surface area contributed by atoms with Gasteiger partial charge in [0.05, 0.1) is 27.4 Å². The molecule has 1 atom stereocenters. The van der Waals surface area contributed by atoms with Gasteiger partial charge in [-0.1, -0.05) is 0 Å². The lowest BCUT2D eigenvalue weighted by Crippen LogP contribution is -2.08. The molecule has 0 aromatic heterocycles. The largest absolute Gasteiger partial charge is 0.502 e. The van der Waals surface area contributed by atoms with E-state index < -0.39 is 13.3 Å². The number of phenolic OH excluding ortho intramolecular Hbond substituents is 1. The Kier molecular flexibility index (Phi) is 6.87. The van der Waals surface area contributed by atoms with E-state index in [2.05, 4.69) is 0 Å². The van der Waals surface area contributed by atoms with E-state index in [9.17, 15) is 14.5 Å². The maximum Gasteiger partial charge on any atom is 0.345 e. The number of ether oxygens (including phenoxy) is 2. The molecule has 0 radical (unpaired) electrons. The molecule has 0 aliphatic carbocycles. The number of methoxy groups -OCH3 is 2.